The molecule has 1 saturated heterocycles. The van der Waals surface area contributed by atoms with Gasteiger partial charge in [0.2, 0.25) is 5.91 Å². The first-order valence-corrected chi connectivity index (χ1v) is 8.65. The van der Waals surface area contributed by atoms with Gasteiger partial charge >= 0.3 is 5.97 Å². The number of rotatable bonds is 7. The summed E-state index contributed by atoms with van der Waals surface area (Å²) in [6, 6.07) is 3.80. The minimum absolute atomic E-state index is 0.0776. The molecule has 2 atom stereocenters. The fraction of sp³-hybridized carbons (Fsp3) is 0.611. The highest BCUT2D eigenvalue weighted by atomic mass is 16.4. The van der Waals surface area contributed by atoms with Gasteiger partial charge in [0.1, 0.15) is 0 Å². The highest BCUT2D eigenvalue weighted by Crippen LogP contribution is 2.36. The summed E-state index contributed by atoms with van der Waals surface area (Å²) >= 11 is 0. The molecule has 1 aromatic rings. The number of carbonyl (C=O) groups excluding carboxylic acids is 1. The van der Waals surface area contributed by atoms with Gasteiger partial charge in [-0.3, -0.25) is 19.5 Å². The van der Waals surface area contributed by atoms with Gasteiger partial charge in [0, 0.05) is 32.0 Å². The van der Waals surface area contributed by atoms with Gasteiger partial charge < -0.3 is 15.1 Å². The normalized spacial score (nSPS) is 23.7. The molecule has 0 bridgehead atoms. The predicted octanol–water partition coefficient (Wildman–Crippen LogP) is 0.978. The van der Waals surface area contributed by atoms with Crippen molar-refractivity contribution in [3.05, 3.63) is 30.1 Å². The number of hydrogen-bond donors (Lipinski definition) is 2. The van der Waals surface area contributed by atoms with Crippen molar-refractivity contribution in [1.29, 1.82) is 0 Å². The number of aliphatic carboxylic acids is 1. The van der Waals surface area contributed by atoms with Crippen molar-refractivity contribution in [1.82, 2.24) is 14.8 Å². The molecule has 2 rings (SSSR count). The van der Waals surface area contributed by atoms with E-state index in [0.717, 1.165) is 5.56 Å². The fourth-order valence-electron chi connectivity index (χ4n) is 3.48. The molecule has 1 aliphatic rings. The zero-order valence-electron chi connectivity index (χ0n) is 14.9. The van der Waals surface area contributed by atoms with Crippen LogP contribution in [0.1, 0.15) is 31.7 Å². The Balaban J connectivity index is 1.92. The Morgan fingerprint density at radius 2 is 2.08 bits per heavy atom. The topological polar surface area (TPSA) is 94.0 Å². The average molecular weight is 349 g/mol. The number of likely N-dealkylation sites (N-methyl/N-ethyl adjacent to an activating group) is 1. The van der Waals surface area contributed by atoms with E-state index in [1.807, 2.05) is 31.0 Å². The quantitative estimate of drug-likeness (QED) is 0.762. The minimum atomic E-state index is -1.13. The molecule has 1 aromatic heterocycles. The Morgan fingerprint density at radius 3 is 2.64 bits per heavy atom. The number of aromatic nitrogens is 1. The van der Waals surface area contributed by atoms with Crippen molar-refractivity contribution in [2.45, 2.75) is 38.8 Å². The fourth-order valence-corrected chi connectivity index (χ4v) is 3.48. The van der Waals surface area contributed by atoms with Crippen LogP contribution in [-0.4, -0.2) is 69.7 Å². The monoisotopic (exact) mass is 349 g/mol. The molecule has 7 heteroatoms. The van der Waals surface area contributed by atoms with Gasteiger partial charge in [-0.05, 0) is 37.6 Å². The zero-order valence-corrected chi connectivity index (χ0v) is 14.9. The van der Waals surface area contributed by atoms with E-state index >= 15 is 0 Å². The maximum Gasteiger partial charge on any atom is 0.312 e. The van der Waals surface area contributed by atoms with Crippen LogP contribution in [0.15, 0.2) is 24.5 Å². The minimum Gasteiger partial charge on any atom is -0.481 e. The Labute approximate surface area is 148 Å². The van der Waals surface area contributed by atoms with Gasteiger partial charge in [0.25, 0.3) is 0 Å². The number of nitrogens with zero attached hydrogens (tertiary/aromatic N) is 3. The molecule has 2 N–H and O–H groups in total. The molecule has 25 heavy (non-hydrogen) atoms. The zero-order chi connectivity index (χ0) is 18.4. The molecule has 0 aliphatic carbocycles. The lowest BCUT2D eigenvalue weighted by Crippen LogP contribution is -2.57. The molecule has 0 spiro atoms. The second kappa shape index (κ2) is 8.40. The first kappa shape index (κ1) is 19.3. The van der Waals surface area contributed by atoms with E-state index in [1.165, 1.54) is 0 Å². The third-order valence-corrected chi connectivity index (χ3v) is 4.94. The number of carboxylic acid groups (broad SMARTS) is 1. The van der Waals surface area contributed by atoms with Crippen LogP contribution >= 0.6 is 0 Å². The van der Waals surface area contributed by atoms with Gasteiger partial charge in [0.05, 0.1) is 18.1 Å². The number of pyridine rings is 1. The van der Waals surface area contributed by atoms with Gasteiger partial charge in [-0.25, -0.2) is 0 Å². The first-order chi connectivity index (χ1) is 11.9. The van der Waals surface area contributed by atoms with Crippen molar-refractivity contribution in [2.75, 3.05) is 26.7 Å². The summed E-state index contributed by atoms with van der Waals surface area (Å²) in [6.45, 7) is 3.20. The van der Waals surface area contributed by atoms with Crippen LogP contribution in [0.4, 0.5) is 0 Å². The summed E-state index contributed by atoms with van der Waals surface area (Å²) in [4.78, 5) is 31.6. The molecule has 0 radical (unpaired) electrons. The highest BCUT2D eigenvalue weighted by molar-refractivity contribution is 5.80. The smallest absolute Gasteiger partial charge is 0.312 e. The molecule has 2 heterocycles. The molecule has 1 aliphatic heterocycles. The lowest BCUT2D eigenvalue weighted by atomic mass is 9.73. The van der Waals surface area contributed by atoms with Crippen LogP contribution in [0, 0.1) is 5.41 Å². The Hall–Kier alpha value is -1.99. The van der Waals surface area contributed by atoms with E-state index in [9.17, 15) is 19.8 Å². The number of aliphatic hydroxyl groups is 1. The van der Waals surface area contributed by atoms with Crippen LogP contribution in [0.2, 0.25) is 0 Å². The second-order valence-corrected chi connectivity index (χ2v) is 6.84. The lowest BCUT2D eigenvalue weighted by molar-refractivity contribution is -0.167. The summed E-state index contributed by atoms with van der Waals surface area (Å²) in [6.07, 6.45) is 3.79. The van der Waals surface area contributed by atoms with Gasteiger partial charge in [-0.15, -0.1) is 0 Å². The van der Waals surface area contributed by atoms with Crippen LogP contribution in [0.5, 0.6) is 0 Å². The SMILES string of the molecule is CCC[C@]1(C(=O)O)CCN(C(=O)CN(C)Cc2ccncc2)C[C@@H]1O. The molecular weight excluding hydrogens is 322 g/mol. The van der Waals surface area contributed by atoms with Crippen LogP contribution in [-0.2, 0) is 16.1 Å². The number of piperidine rings is 1. The van der Waals surface area contributed by atoms with Crippen molar-refractivity contribution >= 4 is 11.9 Å². The standard InChI is InChI=1S/C18H27N3O4/c1-3-6-18(17(24)25)7-10-21(12-15(18)22)16(23)13-20(2)11-14-4-8-19-9-5-14/h4-5,8-9,15,22H,3,6-7,10-13H2,1-2H3,(H,24,25)/t15-,18-/m0/s1. The van der Waals surface area contributed by atoms with E-state index in [2.05, 4.69) is 4.98 Å². The number of amides is 1. The Kier molecular flexibility index (Phi) is 6.50. The predicted molar refractivity (Wildman–Crippen MR) is 92.8 cm³/mol. The van der Waals surface area contributed by atoms with Gasteiger partial charge in [0.15, 0.2) is 0 Å². The summed E-state index contributed by atoms with van der Waals surface area (Å²) in [5.41, 5.74) is -0.0640. The Morgan fingerprint density at radius 1 is 1.40 bits per heavy atom. The third-order valence-electron chi connectivity index (χ3n) is 4.94. The van der Waals surface area contributed by atoms with E-state index in [-0.39, 0.29) is 25.4 Å². The molecule has 1 amide bonds. The van der Waals surface area contributed by atoms with E-state index in [4.69, 9.17) is 0 Å². The van der Waals surface area contributed by atoms with Crippen LogP contribution in [0.3, 0.4) is 0 Å². The van der Waals surface area contributed by atoms with Crippen LogP contribution in [0.25, 0.3) is 0 Å². The van der Waals surface area contributed by atoms with E-state index in [0.29, 0.717) is 25.9 Å². The second-order valence-electron chi connectivity index (χ2n) is 6.84. The number of β-amino-alcohol motifs (C(OH)–C–C–N with tert-alkyl or cyclic N) is 1. The average Bonchev–Trinajstić information content (AvgIpc) is 2.57. The van der Waals surface area contributed by atoms with Crippen molar-refractivity contribution in [2.24, 2.45) is 5.41 Å². The molecule has 0 aromatic carbocycles. The number of hydrogen-bond acceptors (Lipinski definition) is 5. The van der Waals surface area contributed by atoms with Crippen molar-refractivity contribution < 1.29 is 19.8 Å². The summed E-state index contributed by atoms with van der Waals surface area (Å²) in [5, 5.41) is 20.0. The highest BCUT2D eigenvalue weighted by Gasteiger charge is 2.48. The van der Waals surface area contributed by atoms with Crippen LogP contribution < -0.4 is 0 Å². The first-order valence-electron chi connectivity index (χ1n) is 8.65. The molecule has 1 fully saturated rings. The Bertz CT molecular complexity index is 595. The maximum absolute atomic E-state index is 12.5. The van der Waals surface area contributed by atoms with Crippen molar-refractivity contribution in [3.63, 3.8) is 0 Å². The van der Waals surface area contributed by atoms with Crippen molar-refractivity contribution in [3.8, 4) is 0 Å². The third kappa shape index (κ3) is 4.55. The molecule has 138 valence electrons. The molecule has 7 nitrogen and oxygen atoms in total. The number of likely N-dealkylation sites (tertiary alicyclic amines) is 1. The summed E-state index contributed by atoms with van der Waals surface area (Å²) < 4.78 is 0. The number of carbonyl (C=O) groups is 2. The molecule has 0 unspecified atom stereocenters. The maximum atomic E-state index is 12.5. The molecule has 0 saturated carbocycles. The van der Waals surface area contributed by atoms with E-state index < -0.39 is 17.5 Å². The number of aliphatic hydroxyl groups excluding tert-OH is 1. The summed E-state index contributed by atoms with van der Waals surface area (Å²) in [5.74, 6) is -1.06. The summed E-state index contributed by atoms with van der Waals surface area (Å²) in [7, 11) is 1.86. The van der Waals surface area contributed by atoms with Gasteiger partial charge in [-0.1, -0.05) is 13.3 Å². The van der Waals surface area contributed by atoms with E-state index in [1.54, 1.807) is 17.3 Å². The molecular formula is C18H27N3O4. The van der Waals surface area contributed by atoms with Gasteiger partial charge in [-0.2, -0.15) is 0 Å². The lowest BCUT2D eigenvalue weighted by Gasteiger charge is -2.43. The number of carboxylic acids is 1. The largest absolute Gasteiger partial charge is 0.481 e.